The molecule has 1 aromatic rings. The van der Waals surface area contributed by atoms with Crippen molar-refractivity contribution >= 4 is 37.8 Å². The maximum absolute atomic E-state index is 11.9. The number of esters is 1. The smallest absolute Gasteiger partial charge is 0.319 e. The van der Waals surface area contributed by atoms with Crippen molar-refractivity contribution in [2.45, 2.75) is 29.5 Å². The molecule has 1 unspecified atom stereocenters. The van der Waals surface area contributed by atoms with Crippen LogP contribution in [0.1, 0.15) is 25.3 Å². The van der Waals surface area contributed by atoms with Crippen LogP contribution in [0.5, 0.6) is 0 Å². The first-order valence-electron chi connectivity index (χ1n) is 6.93. The van der Waals surface area contributed by atoms with E-state index in [1.165, 1.54) is 0 Å². The summed E-state index contributed by atoms with van der Waals surface area (Å²) in [7, 11) is -3.50. The highest BCUT2D eigenvalue weighted by Crippen LogP contribution is 2.22. The van der Waals surface area contributed by atoms with Gasteiger partial charge in [0.2, 0.25) is 0 Å². The van der Waals surface area contributed by atoms with E-state index in [4.69, 9.17) is 4.74 Å². The third-order valence-electron chi connectivity index (χ3n) is 3.09. The third-order valence-corrected chi connectivity index (χ3v) is 5.51. The summed E-state index contributed by atoms with van der Waals surface area (Å²) in [5.41, 5.74) is 0.575. The summed E-state index contributed by atoms with van der Waals surface area (Å²) in [6.07, 6.45) is 1.20. The molecule has 0 radical (unpaired) electrons. The number of fused-ring (bicyclic) bond motifs is 1. The van der Waals surface area contributed by atoms with Crippen LogP contribution in [0, 0.1) is 0 Å². The van der Waals surface area contributed by atoms with Crippen molar-refractivity contribution in [3.05, 3.63) is 29.8 Å². The molecular weight excluding hydrogens is 372 g/mol. The summed E-state index contributed by atoms with van der Waals surface area (Å²) in [5.74, 6) is 0.0518. The molecule has 6 nitrogen and oxygen atoms in total. The van der Waals surface area contributed by atoms with E-state index >= 15 is 0 Å². The maximum Gasteiger partial charge on any atom is 0.319 e. The van der Waals surface area contributed by atoms with Gasteiger partial charge in [0.25, 0.3) is 10.0 Å². The summed E-state index contributed by atoms with van der Waals surface area (Å²) in [5, 5.41) is 0. The van der Waals surface area contributed by atoms with Gasteiger partial charge in [-0.05, 0) is 18.6 Å². The molecule has 1 atom stereocenters. The Labute approximate surface area is 138 Å². The molecule has 1 aliphatic heterocycles. The molecule has 0 spiro atoms. The first-order chi connectivity index (χ1) is 10.5. The third kappa shape index (κ3) is 3.86. The number of rotatable bonds is 6. The SMILES string of the molecule is CCC(Br)C(=O)OCCCN=C1NS(=O)(=O)c2ccccc21. The van der Waals surface area contributed by atoms with E-state index in [1.807, 2.05) is 6.92 Å². The Morgan fingerprint density at radius 2 is 2.14 bits per heavy atom. The molecular formula is C14H17BrN2O4S. The quantitative estimate of drug-likeness (QED) is 0.457. The number of hydrogen-bond acceptors (Lipinski definition) is 5. The van der Waals surface area contributed by atoms with E-state index < -0.39 is 10.0 Å². The molecule has 0 aromatic heterocycles. The molecule has 1 aliphatic rings. The molecule has 120 valence electrons. The highest BCUT2D eigenvalue weighted by atomic mass is 79.9. The van der Waals surface area contributed by atoms with Crippen molar-refractivity contribution in [1.82, 2.24) is 4.72 Å². The topological polar surface area (TPSA) is 84.8 Å². The Hall–Kier alpha value is -1.41. The average molecular weight is 389 g/mol. The van der Waals surface area contributed by atoms with Gasteiger partial charge in [-0.2, -0.15) is 0 Å². The molecule has 22 heavy (non-hydrogen) atoms. The van der Waals surface area contributed by atoms with Gasteiger partial charge in [0, 0.05) is 18.5 Å². The van der Waals surface area contributed by atoms with Gasteiger partial charge in [0.05, 0.1) is 11.5 Å². The number of nitrogens with one attached hydrogen (secondary N) is 1. The standard InChI is InChI=1S/C14H17BrN2O4S/c1-2-11(15)14(18)21-9-5-8-16-13-10-6-3-4-7-12(10)22(19,20)17-13/h3-4,6-7,11H,2,5,8-9H2,1H3,(H,16,17). The molecule has 0 aliphatic carbocycles. The minimum atomic E-state index is -3.50. The lowest BCUT2D eigenvalue weighted by Crippen LogP contribution is -2.22. The Morgan fingerprint density at radius 3 is 2.86 bits per heavy atom. The number of carbonyl (C=O) groups excluding carboxylic acids is 1. The second-order valence-corrected chi connectivity index (χ2v) is 7.48. The van der Waals surface area contributed by atoms with Gasteiger partial charge in [-0.15, -0.1) is 0 Å². The lowest BCUT2D eigenvalue weighted by Gasteiger charge is -2.07. The predicted octanol–water partition coefficient (Wildman–Crippen LogP) is 1.83. The van der Waals surface area contributed by atoms with Gasteiger partial charge in [0.15, 0.2) is 0 Å². The zero-order valence-corrected chi connectivity index (χ0v) is 14.5. The molecule has 1 heterocycles. The fourth-order valence-corrected chi connectivity index (χ4v) is 3.32. The summed E-state index contributed by atoms with van der Waals surface area (Å²) in [6.45, 7) is 2.51. The van der Waals surface area contributed by atoms with Crippen molar-refractivity contribution in [2.24, 2.45) is 4.99 Å². The van der Waals surface area contributed by atoms with E-state index in [1.54, 1.807) is 24.3 Å². The Kier molecular flexibility index (Phi) is 5.57. The molecule has 2 rings (SSSR count). The number of nitrogens with zero attached hydrogens (tertiary/aromatic N) is 1. The van der Waals surface area contributed by atoms with Crippen molar-refractivity contribution in [3.63, 3.8) is 0 Å². The van der Waals surface area contributed by atoms with Crippen LogP contribution in [0.3, 0.4) is 0 Å². The van der Waals surface area contributed by atoms with Crippen molar-refractivity contribution in [1.29, 1.82) is 0 Å². The molecule has 0 saturated carbocycles. The Morgan fingerprint density at radius 1 is 1.41 bits per heavy atom. The zero-order chi connectivity index (χ0) is 16.2. The zero-order valence-electron chi connectivity index (χ0n) is 12.1. The minimum absolute atomic E-state index is 0.241. The van der Waals surface area contributed by atoms with Gasteiger partial charge in [-0.3, -0.25) is 14.5 Å². The molecule has 0 saturated heterocycles. The molecule has 1 aromatic carbocycles. The number of sulfonamides is 1. The van der Waals surface area contributed by atoms with Crippen LogP contribution in [0.4, 0.5) is 0 Å². The first kappa shape index (κ1) is 17.0. The predicted molar refractivity (Wildman–Crippen MR) is 86.7 cm³/mol. The lowest BCUT2D eigenvalue weighted by molar-refractivity contribution is -0.142. The molecule has 1 N–H and O–H groups in total. The largest absolute Gasteiger partial charge is 0.465 e. The Bertz CT molecular complexity index is 688. The highest BCUT2D eigenvalue weighted by Gasteiger charge is 2.29. The fraction of sp³-hybridized carbons (Fsp3) is 0.429. The van der Waals surface area contributed by atoms with Crippen LogP contribution in [-0.2, 0) is 19.6 Å². The molecule has 0 bridgehead atoms. The minimum Gasteiger partial charge on any atom is -0.465 e. The fourth-order valence-electron chi connectivity index (χ4n) is 1.94. The van der Waals surface area contributed by atoms with Crippen LogP contribution in [0.2, 0.25) is 0 Å². The highest BCUT2D eigenvalue weighted by molar-refractivity contribution is 9.10. The second-order valence-electron chi connectivity index (χ2n) is 4.73. The number of carbonyl (C=O) groups is 1. The van der Waals surface area contributed by atoms with Crippen molar-refractivity contribution in [2.75, 3.05) is 13.2 Å². The number of aliphatic imine (C=N–C) groups is 1. The summed E-state index contributed by atoms with van der Waals surface area (Å²) in [6, 6.07) is 6.69. The number of halogens is 1. The number of ether oxygens (including phenoxy) is 1. The summed E-state index contributed by atoms with van der Waals surface area (Å²) in [4.78, 5) is 15.6. The second kappa shape index (κ2) is 7.23. The van der Waals surface area contributed by atoms with Crippen molar-refractivity contribution in [3.8, 4) is 0 Å². The van der Waals surface area contributed by atoms with Crippen LogP contribution >= 0.6 is 15.9 Å². The van der Waals surface area contributed by atoms with Crippen LogP contribution in [0.15, 0.2) is 34.2 Å². The van der Waals surface area contributed by atoms with E-state index in [9.17, 15) is 13.2 Å². The number of amidine groups is 1. The van der Waals surface area contributed by atoms with Crippen LogP contribution in [-0.4, -0.2) is 38.2 Å². The molecule has 0 amide bonds. The first-order valence-corrected chi connectivity index (χ1v) is 9.33. The van der Waals surface area contributed by atoms with E-state index in [-0.39, 0.29) is 22.3 Å². The van der Waals surface area contributed by atoms with Gasteiger partial charge in [0.1, 0.15) is 10.7 Å². The van der Waals surface area contributed by atoms with Crippen LogP contribution < -0.4 is 4.72 Å². The summed E-state index contributed by atoms with van der Waals surface area (Å²) >= 11 is 3.22. The Balaban J connectivity index is 1.89. The van der Waals surface area contributed by atoms with E-state index in [0.29, 0.717) is 30.8 Å². The lowest BCUT2D eigenvalue weighted by atomic mass is 10.2. The number of alkyl halides is 1. The maximum atomic E-state index is 11.9. The number of hydrogen-bond donors (Lipinski definition) is 1. The van der Waals surface area contributed by atoms with Gasteiger partial charge in [-0.25, -0.2) is 8.42 Å². The average Bonchev–Trinajstić information content (AvgIpc) is 2.77. The van der Waals surface area contributed by atoms with E-state index in [0.717, 1.165) is 0 Å². The molecule has 0 fully saturated rings. The van der Waals surface area contributed by atoms with Crippen LogP contribution in [0.25, 0.3) is 0 Å². The normalized spacial score (nSPS) is 18.5. The van der Waals surface area contributed by atoms with Crippen molar-refractivity contribution < 1.29 is 17.9 Å². The van der Waals surface area contributed by atoms with Gasteiger partial charge < -0.3 is 4.74 Å². The van der Waals surface area contributed by atoms with E-state index in [2.05, 4.69) is 25.6 Å². The number of benzene rings is 1. The monoisotopic (exact) mass is 388 g/mol. The van der Waals surface area contributed by atoms with Gasteiger partial charge in [-0.1, -0.05) is 35.0 Å². The molecule has 8 heteroatoms. The van der Waals surface area contributed by atoms with Gasteiger partial charge >= 0.3 is 5.97 Å². The summed E-state index contributed by atoms with van der Waals surface area (Å²) < 4.78 is 31.3.